The van der Waals surface area contributed by atoms with Crippen molar-refractivity contribution in [1.82, 2.24) is 0 Å². The zero-order valence-electron chi connectivity index (χ0n) is 22.7. The normalized spacial score (nSPS) is 11.0. The molecule has 2 aromatic rings. The second-order valence-electron chi connectivity index (χ2n) is 9.48. The van der Waals surface area contributed by atoms with Gasteiger partial charge in [0.2, 0.25) is 0 Å². The average molecular weight is 627 g/mol. The van der Waals surface area contributed by atoms with Gasteiger partial charge in [0.15, 0.2) is 0 Å². The van der Waals surface area contributed by atoms with Crippen LogP contribution in [0, 0.1) is 0 Å². The van der Waals surface area contributed by atoms with Crippen LogP contribution in [0.5, 0.6) is 17.2 Å². The Morgan fingerprint density at radius 1 is 0.583 bits per heavy atom. The number of rotatable bonds is 20. The summed E-state index contributed by atoms with van der Waals surface area (Å²) in [5, 5.41) is 1.47. The first-order valence-electron chi connectivity index (χ1n) is 13.9. The van der Waals surface area contributed by atoms with Gasteiger partial charge in [-0.15, -0.1) is 0 Å². The highest BCUT2D eigenvalue weighted by atomic mass is 79.9. The largest absolute Gasteiger partial charge is 0.496 e. The maximum Gasteiger partial charge on any atom is 0.127 e. The van der Waals surface area contributed by atoms with Gasteiger partial charge >= 0.3 is 0 Å². The van der Waals surface area contributed by atoms with Crippen LogP contribution < -0.4 is 14.2 Å². The predicted octanol–water partition coefficient (Wildman–Crippen LogP) is 10.6. The highest BCUT2D eigenvalue weighted by molar-refractivity contribution is 9.08. The van der Waals surface area contributed by atoms with Gasteiger partial charge in [-0.3, -0.25) is 0 Å². The Morgan fingerprint density at radius 2 is 1.17 bits per heavy atom. The van der Waals surface area contributed by atoms with Crippen molar-refractivity contribution in [2.24, 2.45) is 0 Å². The lowest BCUT2D eigenvalue weighted by Gasteiger charge is -2.18. The van der Waals surface area contributed by atoms with Crippen LogP contribution in [0.2, 0.25) is 0 Å². The van der Waals surface area contributed by atoms with E-state index in [2.05, 4.69) is 76.0 Å². The lowest BCUT2D eigenvalue weighted by Crippen LogP contribution is -2.02. The quantitative estimate of drug-likeness (QED) is 0.108. The molecule has 0 amide bonds. The number of benzene rings is 2. The van der Waals surface area contributed by atoms with Gasteiger partial charge in [0.05, 0.1) is 20.3 Å². The van der Waals surface area contributed by atoms with E-state index in [1.165, 1.54) is 69.8 Å². The number of hydrogen-bond acceptors (Lipinski definition) is 3. The van der Waals surface area contributed by atoms with E-state index in [0.29, 0.717) is 0 Å². The number of halogens is 2. The fourth-order valence-corrected chi connectivity index (χ4v) is 5.30. The zero-order valence-corrected chi connectivity index (χ0v) is 25.9. The van der Waals surface area contributed by atoms with Crippen molar-refractivity contribution >= 4 is 31.9 Å². The SMILES string of the molecule is CCCCCCCCOc1ccc(OCCCCCCCC)c(-c2cc(CBr)c(OC)cc2CBr)c1. The highest BCUT2D eigenvalue weighted by Gasteiger charge is 2.16. The smallest absolute Gasteiger partial charge is 0.127 e. The monoisotopic (exact) mass is 624 g/mol. The molecule has 2 aromatic carbocycles. The summed E-state index contributed by atoms with van der Waals surface area (Å²) in [6.45, 7) is 6.01. The van der Waals surface area contributed by atoms with Crippen LogP contribution in [0.3, 0.4) is 0 Å². The third-order valence-corrected chi connectivity index (χ3v) is 7.77. The standard InChI is InChI=1S/C31H46Br2O3/c1-4-6-8-10-12-14-18-35-27-16-17-30(36-19-15-13-11-9-7-5-2)29(22-27)28-20-26(24-33)31(34-3)21-25(28)23-32/h16-17,20-22H,4-15,18-19,23-24H2,1-3H3. The molecule has 0 spiro atoms. The molecule has 0 aliphatic heterocycles. The van der Waals surface area contributed by atoms with E-state index in [-0.39, 0.29) is 0 Å². The number of alkyl halides is 2. The summed E-state index contributed by atoms with van der Waals surface area (Å²) in [6.07, 6.45) is 15.1. The van der Waals surface area contributed by atoms with Crippen LogP contribution >= 0.6 is 31.9 Å². The molecule has 0 saturated carbocycles. The maximum absolute atomic E-state index is 6.35. The molecule has 0 unspecified atom stereocenters. The molecule has 0 aliphatic rings. The molecule has 202 valence electrons. The molecule has 3 nitrogen and oxygen atoms in total. The van der Waals surface area contributed by atoms with Gasteiger partial charge in [-0.25, -0.2) is 0 Å². The van der Waals surface area contributed by atoms with E-state index >= 15 is 0 Å². The number of hydrogen-bond donors (Lipinski definition) is 0. The molecule has 5 heteroatoms. The number of unbranched alkanes of at least 4 members (excludes halogenated alkanes) is 10. The molecule has 0 aliphatic carbocycles. The highest BCUT2D eigenvalue weighted by Crippen LogP contribution is 2.40. The van der Waals surface area contributed by atoms with Crippen LogP contribution in [-0.4, -0.2) is 20.3 Å². The molecule has 0 N–H and O–H groups in total. The third kappa shape index (κ3) is 10.7. The molecule has 0 fully saturated rings. The summed E-state index contributed by atoms with van der Waals surface area (Å²) in [7, 11) is 1.73. The first-order chi connectivity index (χ1) is 17.7. The predicted molar refractivity (Wildman–Crippen MR) is 161 cm³/mol. The van der Waals surface area contributed by atoms with E-state index in [4.69, 9.17) is 14.2 Å². The minimum atomic E-state index is 0.730. The Hall–Kier alpha value is -1.20. The Labute approximate surface area is 236 Å². The zero-order chi connectivity index (χ0) is 26.0. The van der Waals surface area contributed by atoms with Gasteiger partial charge in [0, 0.05) is 21.8 Å². The van der Waals surface area contributed by atoms with Gasteiger partial charge < -0.3 is 14.2 Å². The van der Waals surface area contributed by atoms with E-state index in [1.54, 1.807) is 7.11 Å². The molecule has 2 rings (SSSR count). The Bertz CT molecular complexity index is 869. The molecular weight excluding hydrogens is 580 g/mol. The summed E-state index contributed by atoms with van der Waals surface area (Å²) in [5.41, 5.74) is 4.54. The molecule has 0 heterocycles. The molecule has 0 atom stereocenters. The number of ether oxygens (including phenoxy) is 3. The van der Waals surface area contributed by atoms with Gasteiger partial charge in [-0.2, -0.15) is 0 Å². The summed E-state index contributed by atoms with van der Waals surface area (Å²) in [6, 6.07) is 10.6. The van der Waals surface area contributed by atoms with Crippen molar-refractivity contribution in [2.45, 2.75) is 102 Å². The van der Waals surface area contributed by atoms with E-state index in [1.807, 2.05) is 0 Å². The third-order valence-electron chi connectivity index (χ3n) is 6.56. The van der Waals surface area contributed by atoms with Gasteiger partial charge in [0.1, 0.15) is 17.2 Å². The molecule has 0 saturated heterocycles. The van der Waals surface area contributed by atoms with E-state index in [0.717, 1.165) is 70.7 Å². The fraction of sp³-hybridized carbons (Fsp3) is 0.613. The molecule has 0 bridgehead atoms. The number of methoxy groups -OCH3 is 1. The molecule has 36 heavy (non-hydrogen) atoms. The first kappa shape index (κ1) is 31.0. The Morgan fingerprint density at radius 3 is 1.75 bits per heavy atom. The lowest BCUT2D eigenvalue weighted by molar-refractivity contribution is 0.297. The summed E-state index contributed by atoms with van der Waals surface area (Å²) < 4.78 is 18.2. The Kier molecular flexibility index (Phi) is 16.3. The van der Waals surface area contributed by atoms with Gasteiger partial charge in [-0.1, -0.05) is 110 Å². The van der Waals surface area contributed by atoms with Crippen molar-refractivity contribution in [3.63, 3.8) is 0 Å². The second kappa shape index (κ2) is 19.0. The first-order valence-corrected chi connectivity index (χ1v) is 16.1. The summed E-state index contributed by atoms with van der Waals surface area (Å²) >= 11 is 7.32. The van der Waals surface area contributed by atoms with Crippen LogP contribution in [-0.2, 0) is 10.7 Å². The summed E-state index contributed by atoms with van der Waals surface area (Å²) in [4.78, 5) is 0. The van der Waals surface area contributed by atoms with Crippen molar-refractivity contribution in [3.05, 3.63) is 41.5 Å². The van der Waals surface area contributed by atoms with E-state index < -0.39 is 0 Å². The minimum absolute atomic E-state index is 0.730. The van der Waals surface area contributed by atoms with Crippen LogP contribution in [0.15, 0.2) is 30.3 Å². The second-order valence-corrected chi connectivity index (χ2v) is 10.6. The van der Waals surface area contributed by atoms with Crippen molar-refractivity contribution < 1.29 is 14.2 Å². The molecule has 0 radical (unpaired) electrons. The van der Waals surface area contributed by atoms with Gasteiger partial charge in [0.25, 0.3) is 0 Å². The maximum atomic E-state index is 6.35. The van der Waals surface area contributed by atoms with Gasteiger partial charge in [-0.05, 0) is 54.3 Å². The minimum Gasteiger partial charge on any atom is -0.496 e. The van der Waals surface area contributed by atoms with Crippen LogP contribution in [0.4, 0.5) is 0 Å². The molecule has 0 aromatic heterocycles. The topological polar surface area (TPSA) is 27.7 Å². The van der Waals surface area contributed by atoms with Crippen molar-refractivity contribution in [2.75, 3.05) is 20.3 Å². The van der Waals surface area contributed by atoms with Crippen molar-refractivity contribution in [1.29, 1.82) is 0 Å². The fourth-order valence-electron chi connectivity index (χ4n) is 4.39. The summed E-state index contributed by atoms with van der Waals surface area (Å²) in [5.74, 6) is 2.72. The van der Waals surface area contributed by atoms with Crippen molar-refractivity contribution in [3.8, 4) is 28.4 Å². The van der Waals surface area contributed by atoms with E-state index in [9.17, 15) is 0 Å². The van der Waals surface area contributed by atoms with Crippen LogP contribution in [0.25, 0.3) is 11.1 Å². The Balaban J connectivity index is 2.18. The average Bonchev–Trinajstić information content (AvgIpc) is 2.91. The molecular formula is C31H46Br2O3. The van der Waals surface area contributed by atoms with Crippen LogP contribution in [0.1, 0.15) is 102 Å². The lowest BCUT2D eigenvalue weighted by atomic mass is 9.96.